The third kappa shape index (κ3) is 3.60. The van der Waals surface area contributed by atoms with Gasteiger partial charge in [0.2, 0.25) is 5.88 Å². The van der Waals surface area contributed by atoms with Gasteiger partial charge < -0.3 is 20.5 Å². The molecule has 3 N–H and O–H groups in total. The molecule has 0 saturated carbocycles. The van der Waals surface area contributed by atoms with Gasteiger partial charge in [0.05, 0.1) is 18.8 Å². The minimum absolute atomic E-state index is 0.148. The van der Waals surface area contributed by atoms with Crippen molar-refractivity contribution in [2.45, 2.75) is 19.1 Å². The van der Waals surface area contributed by atoms with E-state index in [0.29, 0.717) is 24.2 Å². The Balaban J connectivity index is 1.60. The highest BCUT2D eigenvalue weighted by atomic mass is 16.5. The fourth-order valence-corrected chi connectivity index (χ4v) is 2.99. The summed E-state index contributed by atoms with van der Waals surface area (Å²) in [6, 6.07) is 10.4. The van der Waals surface area contributed by atoms with Gasteiger partial charge in [-0.05, 0) is 12.0 Å². The standard InChI is InChI=1S/C17H22N4O2/c1-22-17-14(16(18)20-11-21-17)10-19-9-13-7-8-23-15(13)12-5-3-2-4-6-12/h2-6,11,13,15,19H,7-10H2,1H3,(H2,18,20,21)/t13-,15+/m1/s1. The number of nitrogens with one attached hydrogen (secondary N) is 1. The fourth-order valence-electron chi connectivity index (χ4n) is 2.99. The minimum Gasteiger partial charge on any atom is -0.481 e. The Labute approximate surface area is 136 Å². The Kier molecular flexibility index (Phi) is 5.05. The van der Waals surface area contributed by atoms with E-state index in [-0.39, 0.29) is 6.10 Å². The second-order valence-electron chi connectivity index (χ2n) is 5.63. The molecule has 1 aliphatic rings. The lowest BCUT2D eigenvalue weighted by Gasteiger charge is -2.19. The van der Waals surface area contributed by atoms with Gasteiger partial charge in [-0.25, -0.2) is 9.97 Å². The number of ether oxygens (including phenoxy) is 2. The molecule has 23 heavy (non-hydrogen) atoms. The van der Waals surface area contributed by atoms with Crippen LogP contribution < -0.4 is 15.8 Å². The number of anilines is 1. The number of rotatable bonds is 6. The summed E-state index contributed by atoms with van der Waals surface area (Å²) >= 11 is 0. The van der Waals surface area contributed by atoms with Gasteiger partial charge in [0.1, 0.15) is 12.1 Å². The summed E-state index contributed by atoms with van der Waals surface area (Å²) in [4.78, 5) is 8.12. The Morgan fingerprint density at radius 1 is 1.30 bits per heavy atom. The van der Waals surface area contributed by atoms with E-state index < -0.39 is 0 Å². The Hall–Kier alpha value is -2.18. The zero-order chi connectivity index (χ0) is 16.1. The van der Waals surface area contributed by atoms with Crippen molar-refractivity contribution in [1.29, 1.82) is 0 Å². The van der Waals surface area contributed by atoms with Crippen LogP contribution in [0.1, 0.15) is 23.7 Å². The van der Waals surface area contributed by atoms with Gasteiger partial charge in [0.25, 0.3) is 0 Å². The van der Waals surface area contributed by atoms with Gasteiger partial charge in [-0.2, -0.15) is 0 Å². The van der Waals surface area contributed by atoms with E-state index in [1.165, 1.54) is 11.9 Å². The molecule has 0 bridgehead atoms. The molecule has 2 aromatic rings. The minimum atomic E-state index is 0.148. The first-order valence-corrected chi connectivity index (χ1v) is 7.80. The van der Waals surface area contributed by atoms with Crippen LogP contribution in [-0.2, 0) is 11.3 Å². The van der Waals surface area contributed by atoms with Crippen LogP contribution >= 0.6 is 0 Å². The highest BCUT2D eigenvalue weighted by Gasteiger charge is 2.29. The summed E-state index contributed by atoms with van der Waals surface area (Å²) in [7, 11) is 1.58. The fraction of sp³-hybridized carbons (Fsp3) is 0.412. The normalized spacial score (nSPS) is 20.6. The van der Waals surface area contributed by atoms with Crippen molar-refractivity contribution in [3.05, 3.63) is 47.8 Å². The molecule has 122 valence electrons. The predicted octanol–water partition coefficient (Wildman–Crippen LogP) is 1.93. The van der Waals surface area contributed by atoms with Crippen LogP contribution in [0, 0.1) is 5.92 Å². The van der Waals surface area contributed by atoms with Crippen molar-refractivity contribution in [2.24, 2.45) is 5.92 Å². The molecular formula is C17H22N4O2. The van der Waals surface area contributed by atoms with E-state index in [1.54, 1.807) is 7.11 Å². The molecule has 1 fully saturated rings. The lowest BCUT2D eigenvalue weighted by Crippen LogP contribution is -2.25. The van der Waals surface area contributed by atoms with Gasteiger partial charge in [0.15, 0.2) is 0 Å². The summed E-state index contributed by atoms with van der Waals surface area (Å²) in [6.07, 6.45) is 2.60. The van der Waals surface area contributed by atoms with E-state index in [9.17, 15) is 0 Å². The molecular weight excluding hydrogens is 292 g/mol. The van der Waals surface area contributed by atoms with Crippen molar-refractivity contribution in [3.63, 3.8) is 0 Å². The highest BCUT2D eigenvalue weighted by molar-refractivity contribution is 5.44. The van der Waals surface area contributed by atoms with E-state index in [2.05, 4.69) is 27.4 Å². The largest absolute Gasteiger partial charge is 0.481 e. The highest BCUT2D eigenvalue weighted by Crippen LogP contribution is 2.34. The average Bonchev–Trinajstić information content (AvgIpc) is 3.05. The number of hydrogen-bond acceptors (Lipinski definition) is 6. The molecule has 1 aliphatic heterocycles. The van der Waals surface area contributed by atoms with Gasteiger partial charge >= 0.3 is 0 Å². The molecule has 0 radical (unpaired) electrons. The maximum atomic E-state index is 5.91. The molecule has 6 nitrogen and oxygen atoms in total. The third-order valence-electron chi connectivity index (χ3n) is 4.18. The number of methoxy groups -OCH3 is 1. The van der Waals surface area contributed by atoms with Gasteiger partial charge in [0, 0.05) is 25.6 Å². The third-order valence-corrected chi connectivity index (χ3v) is 4.18. The molecule has 0 amide bonds. The molecule has 1 aromatic heterocycles. The van der Waals surface area contributed by atoms with Gasteiger partial charge in [-0.3, -0.25) is 0 Å². The topological polar surface area (TPSA) is 82.3 Å². The zero-order valence-corrected chi connectivity index (χ0v) is 13.2. The molecule has 1 saturated heterocycles. The molecule has 2 atom stereocenters. The van der Waals surface area contributed by atoms with E-state index in [0.717, 1.165) is 25.1 Å². The summed E-state index contributed by atoms with van der Waals surface area (Å²) in [5.41, 5.74) is 7.94. The SMILES string of the molecule is COc1ncnc(N)c1CNC[C@H]1CCO[C@H]1c1ccccc1. The van der Waals surface area contributed by atoms with Crippen LogP contribution in [0.4, 0.5) is 5.82 Å². The number of aromatic nitrogens is 2. The molecule has 0 aliphatic carbocycles. The second kappa shape index (κ2) is 7.39. The van der Waals surface area contributed by atoms with Crippen LogP contribution in [0.25, 0.3) is 0 Å². The zero-order valence-electron chi connectivity index (χ0n) is 13.2. The smallest absolute Gasteiger partial charge is 0.222 e. The van der Waals surface area contributed by atoms with Gasteiger partial charge in [-0.15, -0.1) is 0 Å². The summed E-state index contributed by atoms with van der Waals surface area (Å²) in [5.74, 6) is 1.41. The summed E-state index contributed by atoms with van der Waals surface area (Å²) in [6.45, 7) is 2.22. The van der Waals surface area contributed by atoms with Gasteiger partial charge in [-0.1, -0.05) is 30.3 Å². The number of benzene rings is 1. The van der Waals surface area contributed by atoms with Crippen molar-refractivity contribution in [3.8, 4) is 5.88 Å². The van der Waals surface area contributed by atoms with Crippen LogP contribution in [0.2, 0.25) is 0 Å². The molecule has 0 unspecified atom stereocenters. The monoisotopic (exact) mass is 314 g/mol. The van der Waals surface area contributed by atoms with Crippen LogP contribution in [0.5, 0.6) is 5.88 Å². The second-order valence-corrected chi connectivity index (χ2v) is 5.63. The average molecular weight is 314 g/mol. The lowest BCUT2D eigenvalue weighted by molar-refractivity contribution is 0.0904. The first-order chi connectivity index (χ1) is 11.3. The Bertz CT molecular complexity index is 636. The first kappa shape index (κ1) is 15.7. The van der Waals surface area contributed by atoms with Crippen LogP contribution in [0.15, 0.2) is 36.7 Å². The molecule has 1 aromatic carbocycles. The molecule has 2 heterocycles. The van der Waals surface area contributed by atoms with Crippen LogP contribution in [-0.4, -0.2) is 30.2 Å². The molecule has 0 spiro atoms. The summed E-state index contributed by atoms with van der Waals surface area (Å²) < 4.78 is 11.2. The van der Waals surface area contributed by atoms with Crippen molar-refractivity contribution < 1.29 is 9.47 Å². The maximum Gasteiger partial charge on any atom is 0.222 e. The maximum absolute atomic E-state index is 5.91. The van der Waals surface area contributed by atoms with E-state index in [1.807, 2.05) is 18.2 Å². The van der Waals surface area contributed by atoms with E-state index in [4.69, 9.17) is 15.2 Å². The number of nitrogens with two attached hydrogens (primary N) is 1. The van der Waals surface area contributed by atoms with Crippen molar-refractivity contribution >= 4 is 5.82 Å². The Morgan fingerprint density at radius 3 is 2.91 bits per heavy atom. The molecule has 3 rings (SSSR count). The van der Waals surface area contributed by atoms with Crippen LogP contribution in [0.3, 0.4) is 0 Å². The molecule has 6 heteroatoms. The number of hydrogen-bond donors (Lipinski definition) is 2. The van der Waals surface area contributed by atoms with E-state index >= 15 is 0 Å². The predicted molar refractivity (Wildman–Crippen MR) is 87.9 cm³/mol. The summed E-state index contributed by atoms with van der Waals surface area (Å²) in [5, 5.41) is 3.44. The first-order valence-electron chi connectivity index (χ1n) is 7.80. The number of nitrogens with zero attached hydrogens (tertiary/aromatic N) is 2. The van der Waals surface area contributed by atoms with Crippen molar-refractivity contribution in [2.75, 3.05) is 26.0 Å². The lowest BCUT2D eigenvalue weighted by atomic mass is 9.95. The van der Waals surface area contributed by atoms with Crippen molar-refractivity contribution in [1.82, 2.24) is 15.3 Å². The Morgan fingerprint density at radius 2 is 2.13 bits per heavy atom. The quantitative estimate of drug-likeness (QED) is 0.848. The number of nitrogen functional groups attached to an aromatic ring is 1.